The van der Waals surface area contributed by atoms with Gasteiger partial charge in [0.2, 0.25) is 0 Å². The second kappa shape index (κ2) is 8.00. The number of fused-ring (bicyclic) bond motifs is 1. The molecule has 1 aromatic carbocycles. The number of rotatable bonds is 7. The van der Waals surface area contributed by atoms with E-state index in [0.29, 0.717) is 6.61 Å². The van der Waals surface area contributed by atoms with Crippen molar-refractivity contribution in [2.75, 3.05) is 6.61 Å². The Bertz CT molecular complexity index is 920. The molecular weight excluding hydrogens is 350 g/mol. The smallest absolute Gasteiger partial charge is 0.323 e. The average Bonchev–Trinajstić information content (AvgIpc) is 2.94. The molecule has 5 heteroatoms. The van der Waals surface area contributed by atoms with Crippen LogP contribution in [-0.4, -0.2) is 22.2 Å². The lowest BCUT2D eigenvalue weighted by atomic mass is 10.1. The second-order valence-electron chi connectivity index (χ2n) is 6.78. The number of carbonyl (C=O) groups is 1. The lowest BCUT2D eigenvalue weighted by molar-refractivity contribution is -0.137. The van der Waals surface area contributed by atoms with Crippen molar-refractivity contribution in [1.29, 1.82) is 0 Å². The first kappa shape index (κ1) is 18.6. The molecule has 0 fully saturated rings. The Morgan fingerprint density at radius 1 is 1.23 bits per heavy atom. The summed E-state index contributed by atoms with van der Waals surface area (Å²) < 4.78 is 7.72. The van der Waals surface area contributed by atoms with Gasteiger partial charge in [-0.2, -0.15) is 0 Å². The predicted octanol–water partition coefficient (Wildman–Crippen LogP) is 3.21. The number of halogens is 1. The van der Waals surface area contributed by atoms with E-state index >= 15 is 0 Å². The molecule has 0 atom stereocenters. The standard InChI is InChI=1S/C21H24ClNO3/c1-14-10-17(11-15(2)21(14)22)26-9-5-6-16-12-23(13-20(24)25)19-8-4-3-7-18(16)19/h7-8,10-12H,3-6,9,13H2,1-2H3,(H,24,25). The monoisotopic (exact) mass is 373 g/mol. The van der Waals surface area contributed by atoms with E-state index in [2.05, 4.69) is 12.2 Å². The number of aliphatic carboxylic acids is 1. The molecule has 26 heavy (non-hydrogen) atoms. The second-order valence-corrected chi connectivity index (χ2v) is 7.16. The van der Waals surface area contributed by atoms with Gasteiger partial charge in [-0.05, 0) is 73.6 Å². The maximum Gasteiger partial charge on any atom is 0.323 e. The van der Waals surface area contributed by atoms with Gasteiger partial charge in [0.25, 0.3) is 0 Å². The first-order valence-electron chi connectivity index (χ1n) is 8.95. The molecule has 0 amide bonds. The zero-order valence-electron chi connectivity index (χ0n) is 15.2. The first-order valence-corrected chi connectivity index (χ1v) is 9.33. The number of hydrogen-bond donors (Lipinski definition) is 1. The lowest BCUT2D eigenvalue weighted by Crippen LogP contribution is -2.33. The maximum absolute atomic E-state index is 11.1. The minimum atomic E-state index is -0.815. The maximum atomic E-state index is 11.1. The molecule has 0 unspecified atom stereocenters. The van der Waals surface area contributed by atoms with Crippen molar-refractivity contribution in [3.05, 3.63) is 50.6 Å². The van der Waals surface area contributed by atoms with E-state index in [0.717, 1.165) is 52.9 Å². The van der Waals surface area contributed by atoms with Crippen LogP contribution in [0.4, 0.5) is 0 Å². The Kier molecular flexibility index (Phi) is 5.72. The van der Waals surface area contributed by atoms with Gasteiger partial charge in [0.1, 0.15) is 12.3 Å². The van der Waals surface area contributed by atoms with Crippen LogP contribution >= 0.6 is 11.6 Å². The zero-order chi connectivity index (χ0) is 18.7. The molecule has 0 radical (unpaired) electrons. The number of nitrogens with zero attached hydrogens (tertiary/aromatic N) is 1. The Morgan fingerprint density at radius 3 is 2.62 bits per heavy atom. The molecule has 138 valence electrons. The third kappa shape index (κ3) is 4.13. The predicted molar refractivity (Wildman–Crippen MR) is 104 cm³/mol. The highest BCUT2D eigenvalue weighted by Gasteiger charge is 2.10. The fourth-order valence-corrected chi connectivity index (χ4v) is 3.58. The molecule has 0 saturated carbocycles. The number of carboxylic acids is 1. The van der Waals surface area contributed by atoms with Crippen molar-refractivity contribution in [3.8, 4) is 5.75 Å². The summed E-state index contributed by atoms with van der Waals surface area (Å²) in [5.74, 6) is 0.0277. The van der Waals surface area contributed by atoms with E-state index in [4.69, 9.17) is 21.4 Å². The quantitative estimate of drug-likeness (QED) is 0.758. The molecule has 1 aliphatic rings. The summed E-state index contributed by atoms with van der Waals surface area (Å²) in [4.78, 5) is 11.1. The molecule has 0 aliphatic heterocycles. The summed E-state index contributed by atoms with van der Waals surface area (Å²) in [6.07, 6.45) is 10.1. The van der Waals surface area contributed by atoms with E-state index in [1.165, 1.54) is 10.8 Å². The molecule has 1 N–H and O–H groups in total. The van der Waals surface area contributed by atoms with Crippen LogP contribution < -0.4 is 15.3 Å². The minimum Gasteiger partial charge on any atom is -0.494 e. The number of benzene rings is 1. The number of aromatic nitrogens is 1. The van der Waals surface area contributed by atoms with Crippen molar-refractivity contribution < 1.29 is 14.6 Å². The normalized spacial score (nSPS) is 12.9. The molecule has 3 rings (SSSR count). The van der Waals surface area contributed by atoms with Gasteiger partial charge in [-0.25, -0.2) is 0 Å². The summed E-state index contributed by atoms with van der Waals surface area (Å²) in [7, 11) is 0. The topological polar surface area (TPSA) is 51.5 Å². The van der Waals surface area contributed by atoms with Crippen molar-refractivity contribution >= 4 is 29.7 Å². The fourth-order valence-electron chi connectivity index (χ4n) is 3.47. The SMILES string of the molecule is Cc1cc(OCCCc2cn(CC(=O)O)c3c2=CCCC=3)cc(C)c1Cl. The molecule has 4 nitrogen and oxygen atoms in total. The number of ether oxygens (including phenoxy) is 1. The van der Waals surface area contributed by atoms with Crippen LogP contribution in [0.25, 0.3) is 12.2 Å². The molecule has 1 aromatic heterocycles. The third-order valence-electron chi connectivity index (χ3n) is 4.67. The summed E-state index contributed by atoms with van der Waals surface area (Å²) >= 11 is 6.19. The van der Waals surface area contributed by atoms with Crippen molar-refractivity contribution in [2.45, 2.75) is 46.1 Å². The third-order valence-corrected chi connectivity index (χ3v) is 5.27. The Morgan fingerprint density at radius 2 is 1.92 bits per heavy atom. The Hall–Kier alpha value is -2.20. The van der Waals surface area contributed by atoms with Crippen LogP contribution in [0.1, 0.15) is 36.0 Å². The van der Waals surface area contributed by atoms with Crippen LogP contribution in [0.15, 0.2) is 18.3 Å². The molecule has 1 heterocycles. The largest absolute Gasteiger partial charge is 0.494 e. The van der Waals surface area contributed by atoms with Crippen molar-refractivity contribution in [3.63, 3.8) is 0 Å². The highest BCUT2D eigenvalue weighted by Crippen LogP contribution is 2.25. The van der Waals surface area contributed by atoms with Gasteiger partial charge < -0.3 is 14.4 Å². The minimum absolute atomic E-state index is 0.00645. The van der Waals surface area contributed by atoms with Crippen LogP contribution in [0, 0.1) is 13.8 Å². The van der Waals surface area contributed by atoms with Gasteiger partial charge in [-0.3, -0.25) is 4.79 Å². The molecular formula is C21H24ClNO3. The molecule has 0 bridgehead atoms. The number of aryl methyl sites for hydroxylation is 3. The average molecular weight is 374 g/mol. The highest BCUT2D eigenvalue weighted by molar-refractivity contribution is 6.32. The summed E-state index contributed by atoms with van der Waals surface area (Å²) in [5, 5.41) is 12.1. The molecule has 0 spiro atoms. The lowest BCUT2D eigenvalue weighted by Gasteiger charge is -2.10. The summed E-state index contributed by atoms with van der Waals surface area (Å²) in [6.45, 7) is 4.58. The zero-order valence-corrected chi connectivity index (χ0v) is 16.0. The molecule has 2 aromatic rings. The fraction of sp³-hybridized carbons (Fsp3) is 0.381. The van der Waals surface area contributed by atoms with Crippen LogP contribution in [0.3, 0.4) is 0 Å². The van der Waals surface area contributed by atoms with Gasteiger partial charge in [-0.1, -0.05) is 23.8 Å². The van der Waals surface area contributed by atoms with Crippen molar-refractivity contribution in [2.24, 2.45) is 0 Å². The van der Waals surface area contributed by atoms with Gasteiger partial charge in [0.15, 0.2) is 0 Å². The van der Waals surface area contributed by atoms with E-state index < -0.39 is 5.97 Å². The van der Waals surface area contributed by atoms with Gasteiger partial charge in [-0.15, -0.1) is 0 Å². The van der Waals surface area contributed by atoms with Gasteiger partial charge in [0, 0.05) is 16.6 Å². The van der Waals surface area contributed by atoms with E-state index in [9.17, 15) is 4.79 Å². The van der Waals surface area contributed by atoms with Crippen LogP contribution in [0.2, 0.25) is 5.02 Å². The van der Waals surface area contributed by atoms with Crippen LogP contribution in [0.5, 0.6) is 5.75 Å². The Labute approximate surface area is 158 Å². The number of hydrogen-bond acceptors (Lipinski definition) is 2. The van der Waals surface area contributed by atoms with Gasteiger partial charge >= 0.3 is 5.97 Å². The highest BCUT2D eigenvalue weighted by atomic mass is 35.5. The van der Waals surface area contributed by atoms with Crippen LogP contribution in [-0.2, 0) is 17.8 Å². The van der Waals surface area contributed by atoms with E-state index in [1.807, 2.05) is 36.7 Å². The first-order chi connectivity index (χ1) is 12.5. The van der Waals surface area contributed by atoms with Gasteiger partial charge in [0.05, 0.1) is 6.61 Å². The molecule has 1 aliphatic carbocycles. The Balaban J connectivity index is 1.66. The number of carboxylic acid groups (broad SMARTS) is 1. The van der Waals surface area contributed by atoms with E-state index in [-0.39, 0.29) is 6.54 Å². The van der Waals surface area contributed by atoms with E-state index in [1.54, 1.807) is 0 Å². The summed E-state index contributed by atoms with van der Waals surface area (Å²) in [6, 6.07) is 3.92. The molecule has 0 saturated heterocycles. The van der Waals surface area contributed by atoms with Crippen molar-refractivity contribution in [1.82, 2.24) is 4.57 Å². The summed E-state index contributed by atoms with van der Waals surface area (Å²) in [5.41, 5.74) is 3.24.